The molecule has 0 radical (unpaired) electrons. The lowest BCUT2D eigenvalue weighted by molar-refractivity contribution is 0.133. The first-order valence-corrected chi connectivity index (χ1v) is 6.18. The van der Waals surface area contributed by atoms with Crippen molar-refractivity contribution in [1.29, 1.82) is 0 Å². The summed E-state index contributed by atoms with van der Waals surface area (Å²) in [6.45, 7) is 0. The number of hydrogen-bond donors (Lipinski definition) is 0. The first-order chi connectivity index (χ1) is 7.38. The van der Waals surface area contributed by atoms with E-state index in [-0.39, 0.29) is 0 Å². The number of azo groups is 2. The first kappa shape index (κ1) is 7.47. The Morgan fingerprint density at radius 2 is 0.933 bits per heavy atom. The Morgan fingerprint density at radius 3 is 1.27 bits per heavy atom. The molecule has 6 atom stereocenters. The molecule has 0 N–H and O–H groups in total. The lowest BCUT2D eigenvalue weighted by Crippen LogP contribution is -2.47. The third kappa shape index (κ3) is 0.524. The fourth-order valence-electron chi connectivity index (χ4n) is 5.22. The molecule has 5 aliphatic rings. The highest BCUT2D eigenvalue weighted by Gasteiger charge is 2.85. The largest absolute Gasteiger partial charge is 0.190 e. The molecule has 0 amide bonds. The molecule has 78 valence electrons. The fourth-order valence-corrected chi connectivity index (χ4v) is 5.22. The maximum Gasteiger partial charge on any atom is 0.0793 e. The van der Waals surface area contributed by atoms with E-state index < -0.39 is 0 Å². The zero-order valence-electron chi connectivity index (χ0n) is 8.63. The second kappa shape index (κ2) is 1.89. The van der Waals surface area contributed by atoms with E-state index >= 15 is 0 Å². The molecule has 4 heteroatoms. The quantitative estimate of drug-likeness (QED) is 0.579. The molecule has 4 nitrogen and oxygen atoms in total. The van der Waals surface area contributed by atoms with Gasteiger partial charge in [0.05, 0.1) is 24.2 Å². The Bertz CT molecular complexity index is 347. The van der Waals surface area contributed by atoms with Crippen molar-refractivity contribution in [2.45, 2.75) is 56.3 Å². The standard InChI is InChI=1S/C11H14N4/c1-2-7-11-5-10(11)6(1)12-14-8(10)3-4-9(11)15-13-7/h6-9H,1-5H2/t6-,7+,8+,9-,10?,11?. The van der Waals surface area contributed by atoms with Gasteiger partial charge in [-0.25, -0.2) is 0 Å². The summed E-state index contributed by atoms with van der Waals surface area (Å²) < 4.78 is 0. The van der Waals surface area contributed by atoms with Crippen LogP contribution >= 0.6 is 0 Å². The van der Waals surface area contributed by atoms with Crippen LogP contribution in [0.1, 0.15) is 32.1 Å². The molecule has 15 heavy (non-hydrogen) atoms. The summed E-state index contributed by atoms with van der Waals surface area (Å²) in [7, 11) is 0. The van der Waals surface area contributed by atoms with Gasteiger partial charge in [0.1, 0.15) is 0 Å². The SMILES string of the molecule is C1C[C@H]2N=N[C@H]3CC[C@H]4N=N[C@@H]1C41CC321. The van der Waals surface area contributed by atoms with Crippen LogP contribution < -0.4 is 0 Å². The van der Waals surface area contributed by atoms with E-state index in [1.807, 2.05) is 0 Å². The predicted molar refractivity (Wildman–Crippen MR) is 52.8 cm³/mol. The predicted octanol–water partition coefficient (Wildman–Crippen LogP) is 2.36. The minimum absolute atomic E-state index is 0.433. The highest BCUT2D eigenvalue weighted by molar-refractivity contribution is 5.36. The summed E-state index contributed by atoms with van der Waals surface area (Å²) in [6, 6.07) is 2.13. The van der Waals surface area contributed by atoms with E-state index in [1.165, 1.54) is 32.1 Å². The summed E-state index contributed by atoms with van der Waals surface area (Å²) >= 11 is 0. The third-order valence-corrected chi connectivity index (χ3v) is 5.82. The molecule has 3 aliphatic carbocycles. The summed E-state index contributed by atoms with van der Waals surface area (Å²) in [5.41, 5.74) is 0.866. The van der Waals surface area contributed by atoms with Gasteiger partial charge in [-0.1, -0.05) is 0 Å². The smallest absolute Gasteiger partial charge is 0.0793 e. The van der Waals surface area contributed by atoms with E-state index in [1.54, 1.807) is 0 Å². The van der Waals surface area contributed by atoms with Gasteiger partial charge in [0.15, 0.2) is 0 Å². The van der Waals surface area contributed by atoms with Crippen LogP contribution in [0.2, 0.25) is 0 Å². The monoisotopic (exact) mass is 202 g/mol. The molecular weight excluding hydrogens is 188 g/mol. The van der Waals surface area contributed by atoms with Crippen molar-refractivity contribution in [1.82, 2.24) is 0 Å². The van der Waals surface area contributed by atoms with E-state index in [2.05, 4.69) is 20.5 Å². The molecule has 0 saturated heterocycles. The molecule has 0 aromatic carbocycles. The minimum Gasteiger partial charge on any atom is -0.190 e. The molecule has 0 bridgehead atoms. The van der Waals surface area contributed by atoms with Crippen molar-refractivity contribution < 1.29 is 0 Å². The van der Waals surface area contributed by atoms with Crippen molar-refractivity contribution >= 4 is 0 Å². The molecular formula is C11H14N4. The zero-order chi connectivity index (χ0) is 9.67. The normalized spacial score (nSPS) is 66.7. The number of hydrogen-bond acceptors (Lipinski definition) is 4. The first-order valence-electron chi connectivity index (χ1n) is 6.18. The molecule has 0 aromatic rings. The lowest BCUT2D eigenvalue weighted by Gasteiger charge is -2.40. The molecule has 5 rings (SSSR count). The average molecular weight is 202 g/mol. The maximum absolute atomic E-state index is 4.55. The number of rotatable bonds is 0. The van der Waals surface area contributed by atoms with Crippen LogP contribution in [0.4, 0.5) is 0 Å². The van der Waals surface area contributed by atoms with E-state index in [4.69, 9.17) is 0 Å². The summed E-state index contributed by atoms with van der Waals surface area (Å²) in [5.74, 6) is 0. The van der Waals surface area contributed by atoms with Gasteiger partial charge in [-0.15, -0.1) is 0 Å². The molecule has 2 aliphatic heterocycles. The van der Waals surface area contributed by atoms with Crippen LogP contribution in [0, 0.1) is 10.8 Å². The van der Waals surface area contributed by atoms with Crippen molar-refractivity contribution in [3.05, 3.63) is 0 Å². The van der Waals surface area contributed by atoms with Crippen LogP contribution in [0.5, 0.6) is 0 Å². The Kier molecular flexibility index (Phi) is 0.944. The summed E-state index contributed by atoms with van der Waals surface area (Å²) in [6.07, 6.45) is 6.15. The van der Waals surface area contributed by atoms with Gasteiger partial charge in [-0.3, -0.25) is 0 Å². The third-order valence-electron chi connectivity index (χ3n) is 5.82. The highest BCUT2D eigenvalue weighted by atomic mass is 15.3. The van der Waals surface area contributed by atoms with Crippen LogP contribution in [0.15, 0.2) is 20.5 Å². The second-order valence-electron chi connectivity index (χ2n) is 5.94. The van der Waals surface area contributed by atoms with Gasteiger partial charge in [0, 0.05) is 10.8 Å². The van der Waals surface area contributed by atoms with Gasteiger partial charge in [0.25, 0.3) is 0 Å². The summed E-state index contributed by atoms with van der Waals surface area (Å²) in [5, 5.41) is 18.2. The Morgan fingerprint density at radius 1 is 0.600 bits per heavy atom. The average Bonchev–Trinajstić information content (AvgIpc) is 2.68. The zero-order valence-corrected chi connectivity index (χ0v) is 8.63. The molecule has 0 aromatic heterocycles. The van der Waals surface area contributed by atoms with Gasteiger partial charge in [0.2, 0.25) is 0 Å². The topological polar surface area (TPSA) is 49.4 Å². The van der Waals surface area contributed by atoms with Crippen LogP contribution in [-0.4, -0.2) is 24.2 Å². The van der Waals surface area contributed by atoms with E-state index in [0.717, 1.165) is 0 Å². The molecule has 2 spiro atoms. The van der Waals surface area contributed by atoms with Crippen LogP contribution in [0.3, 0.4) is 0 Å². The van der Waals surface area contributed by atoms with Crippen molar-refractivity contribution in [3.8, 4) is 0 Å². The molecule has 2 unspecified atom stereocenters. The fraction of sp³-hybridized carbons (Fsp3) is 1.00. The second-order valence-corrected chi connectivity index (χ2v) is 5.94. The van der Waals surface area contributed by atoms with Gasteiger partial charge in [-0.2, -0.15) is 20.5 Å². The Hall–Kier alpha value is -0.800. The van der Waals surface area contributed by atoms with Gasteiger partial charge < -0.3 is 0 Å². The van der Waals surface area contributed by atoms with Crippen molar-refractivity contribution in [2.24, 2.45) is 31.3 Å². The van der Waals surface area contributed by atoms with Crippen LogP contribution in [0.25, 0.3) is 0 Å². The molecule has 3 fully saturated rings. The highest BCUT2D eigenvalue weighted by Crippen LogP contribution is 2.82. The van der Waals surface area contributed by atoms with Gasteiger partial charge >= 0.3 is 0 Å². The van der Waals surface area contributed by atoms with Gasteiger partial charge in [-0.05, 0) is 32.1 Å². The van der Waals surface area contributed by atoms with Crippen LogP contribution in [-0.2, 0) is 0 Å². The Labute approximate surface area is 88.3 Å². The number of nitrogens with zero attached hydrogens (tertiary/aromatic N) is 4. The minimum atomic E-state index is 0.433. The maximum atomic E-state index is 4.55. The Balaban J connectivity index is 1.75. The van der Waals surface area contributed by atoms with Crippen molar-refractivity contribution in [3.63, 3.8) is 0 Å². The van der Waals surface area contributed by atoms with E-state index in [0.29, 0.717) is 35.0 Å². The van der Waals surface area contributed by atoms with E-state index in [9.17, 15) is 0 Å². The lowest BCUT2D eigenvalue weighted by atomic mass is 9.64. The molecule has 3 saturated carbocycles. The summed E-state index contributed by atoms with van der Waals surface area (Å²) in [4.78, 5) is 0. The van der Waals surface area contributed by atoms with Crippen molar-refractivity contribution in [2.75, 3.05) is 0 Å². The molecule has 2 heterocycles.